The Morgan fingerprint density at radius 3 is 1.74 bits per heavy atom. The first-order valence-corrected chi connectivity index (χ1v) is 14.6. The molecular weight excluding hydrogens is 604 g/mol. The number of aryl methyl sites for hydroxylation is 2. The van der Waals surface area contributed by atoms with Gasteiger partial charge in [-0.2, -0.15) is 19.7 Å². The fourth-order valence-electron chi connectivity index (χ4n) is 4.47. The van der Waals surface area contributed by atoms with E-state index in [-0.39, 0.29) is 28.9 Å². The molecule has 0 saturated carbocycles. The molecule has 0 N–H and O–H groups in total. The van der Waals surface area contributed by atoms with Gasteiger partial charge in [-0.1, -0.05) is 66.7 Å². The number of hydrogen-bond acceptors (Lipinski definition) is 10. The van der Waals surface area contributed by atoms with E-state index in [1.165, 1.54) is 29.5 Å². The van der Waals surface area contributed by atoms with Gasteiger partial charge in [0.25, 0.3) is 5.56 Å². The molecule has 0 amide bonds. The van der Waals surface area contributed by atoms with Crippen molar-refractivity contribution in [2.75, 3.05) is 0 Å². The molecule has 0 fully saturated rings. The second-order valence-electron chi connectivity index (χ2n) is 10.1. The van der Waals surface area contributed by atoms with Crippen LogP contribution >= 0.6 is 0 Å². The van der Waals surface area contributed by atoms with Crippen LogP contribution in [0.25, 0.3) is 47.3 Å². The van der Waals surface area contributed by atoms with Crippen molar-refractivity contribution in [2.24, 2.45) is 14.1 Å². The molecular formula is C32H30N10O5. The zero-order chi connectivity index (χ0) is 33.7. The highest BCUT2D eigenvalue weighted by Gasteiger charge is 2.26. The van der Waals surface area contributed by atoms with Gasteiger partial charge in [-0.15, -0.1) is 0 Å². The smallest absolute Gasteiger partial charge is 0.352 e. The quantitative estimate of drug-likeness (QED) is 0.191. The number of nitrogens with zero attached hydrogens (tertiary/aromatic N) is 10. The molecule has 0 bridgehead atoms. The molecule has 4 aliphatic heterocycles. The van der Waals surface area contributed by atoms with Crippen LogP contribution in [-0.4, -0.2) is 43.6 Å². The molecule has 4 heterocycles. The molecule has 47 heavy (non-hydrogen) atoms. The fourth-order valence-corrected chi connectivity index (χ4v) is 4.47. The first-order chi connectivity index (χ1) is 22.6. The molecule has 0 aromatic heterocycles. The van der Waals surface area contributed by atoms with Gasteiger partial charge in [0.05, 0.1) is 11.6 Å². The lowest BCUT2D eigenvalue weighted by Crippen LogP contribution is -2.48. The van der Waals surface area contributed by atoms with Crippen LogP contribution in [0.15, 0.2) is 79.8 Å². The SMILES string of the molecule is CCn1nc(/C=C/c2ccccc2)[n+]([O-])c2c(=O)n(C)c(=O)nc1-2.CCn1nc(/C=C/c2ccccc2)nc2c(=O)n(C)c(=O)nc1-2. The van der Waals surface area contributed by atoms with E-state index < -0.39 is 22.5 Å². The summed E-state index contributed by atoms with van der Waals surface area (Å²) in [5.74, 6) is 0.626. The lowest BCUT2D eigenvalue weighted by atomic mass is 10.2. The summed E-state index contributed by atoms with van der Waals surface area (Å²) < 4.78 is 5.05. The predicted molar refractivity (Wildman–Crippen MR) is 175 cm³/mol. The summed E-state index contributed by atoms with van der Waals surface area (Å²) in [5.41, 5.74) is -0.676. The first-order valence-electron chi connectivity index (χ1n) is 14.6. The van der Waals surface area contributed by atoms with Crippen LogP contribution in [-0.2, 0) is 27.2 Å². The van der Waals surface area contributed by atoms with E-state index in [1.807, 2.05) is 73.7 Å². The molecule has 0 aliphatic carbocycles. The molecule has 15 nitrogen and oxygen atoms in total. The van der Waals surface area contributed by atoms with E-state index in [0.29, 0.717) is 23.6 Å². The minimum Gasteiger partial charge on any atom is -0.710 e. The predicted octanol–water partition coefficient (Wildman–Crippen LogP) is 1.29. The van der Waals surface area contributed by atoms with Crippen LogP contribution in [0.5, 0.6) is 0 Å². The van der Waals surface area contributed by atoms with Crippen LogP contribution in [0.2, 0.25) is 0 Å². The van der Waals surface area contributed by atoms with Crippen molar-refractivity contribution in [1.29, 1.82) is 0 Å². The molecule has 0 saturated heterocycles. The van der Waals surface area contributed by atoms with Gasteiger partial charge in [0.15, 0.2) is 17.3 Å². The Hall–Kier alpha value is -6.38. The minimum absolute atomic E-state index is 0.0162. The van der Waals surface area contributed by atoms with Crippen LogP contribution in [0, 0.1) is 5.21 Å². The van der Waals surface area contributed by atoms with Gasteiger partial charge in [-0.05, 0) is 37.1 Å². The van der Waals surface area contributed by atoms with Crippen LogP contribution in [0.1, 0.15) is 36.6 Å². The monoisotopic (exact) mass is 634 g/mol. The van der Waals surface area contributed by atoms with E-state index in [9.17, 15) is 24.4 Å². The van der Waals surface area contributed by atoms with Gasteiger partial charge in [-0.25, -0.2) is 24.0 Å². The fraction of sp³-hybridized carbons (Fsp3) is 0.188. The molecule has 2 aromatic rings. The first kappa shape index (κ1) is 32.0. The Morgan fingerprint density at radius 2 is 1.17 bits per heavy atom. The lowest BCUT2D eigenvalue weighted by molar-refractivity contribution is -0.601. The summed E-state index contributed by atoms with van der Waals surface area (Å²) in [7, 11) is 2.67. The normalized spacial score (nSPS) is 11.4. The number of aromatic nitrogens is 10. The average molecular weight is 635 g/mol. The third-order valence-corrected chi connectivity index (χ3v) is 7.04. The Kier molecular flexibility index (Phi) is 9.35. The molecule has 4 aliphatic rings. The zero-order valence-corrected chi connectivity index (χ0v) is 26.0. The average Bonchev–Trinajstić information content (AvgIpc) is 3.09. The van der Waals surface area contributed by atoms with Crippen LogP contribution in [0.3, 0.4) is 0 Å². The Bertz CT molecular complexity index is 2290. The summed E-state index contributed by atoms with van der Waals surface area (Å²) in [6.07, 6.45) is 6.84. The van der Waals surface area contributed by atoms with Gasteiger partial charge < -0.3 is 5.21 Å². The Balaban J connectivity index is 0.000000185. The standard InChI is InChI=1S/C16H15N5O3.C16H15N5O2/c1-3-20-14-13(15(22)19(2)16(23)17-14)21(24)12(18-20)10-9-11-7-5-4-6-8-11;1-3-21-14-13(15(22)20(2)16(23)18-14)17-12(19-21)10-9-11-7-5-4-6-8-11/h4-10H,3H2,1-2H3;4-10H,3H2,1-2H3/b2*10-9+. The third kappa shape index (κ3) is 6.68. The van der Waals surface area contributed by atoms with E-state index in [2.05, 4.69) is 25.1 Å². The highest BCUT2D eigenvalue weighted by Crippen LogP contribution is 2.13. The molecule has 15 heteroatoms. The van der Waals surface area contributed by atoms with E-state index in [4.69, 9.17) is 0 Å². The third-order valence-electron chi connectivity index (χ3n) is 7.04. The zero-order valence-electron chi connectivity index (χ0n) is 26.0. The summed E-state index contributed by atoms with van der Waals surface area (Å²) in [6.45, 7) is 4.49. The van der Waals surface area contributed by atoms with Gasteiger partial charge in [0.2, 0.25) is 11.5 Å². The maximum absolute atomic E-state index is 12.5. The summed E-state index contributed by atoms with van der Waals surface area (Å²) in [5, 5.41) is 21.0. The molecule has 0 radical (unpaired) electrons. The van der Waals surface area contributed by atoms with Crippen molar-refractivity contribution in [1.82, 2.24) is 43.6 Å². The molecule has 0 unspecified atom stereocenters. The highest BCUT2D eigenvalue weighted by atomic mass is 16.5. The Morgan fingerprint density at radius 1 is 0.660 bits per heavy atom. The van der Waals surface area contributed by atoms with E-state index in [1.54, 1.807) is 19.1 Å². The van der Waals surface area contributed by atoms with Gasteiger partial charge >= 0.3 is 22.8 Å². The van der Waals surface area contributed by atoms with Gasteiger partial charge in [-0.3, -0.25) is 18.7 Å². The number of fused-ring (bicyclic) bond motifs is 2. The topological polar surface area (TPSA) is 179 Å². The highest BCUT2D eigenvalue weighted by molar-refractivity contribution is 5.67. The maximum Gasteiger partial charge on any atom is 0.352 e. The largest absolute Gasteiger partial charge is 0.710 e. The van der Waals surface area contributed by atoms with Crippen molar-refractivity contribution in [2.45, 2.75) is 26.9 Å². The van der Waals surface area contributed by atoms with Crippen molar-refractivity contribution < 1.29 is 4.73 Å². The van der Waals surface area contributed by atoms with Crippen LogP contribution in [0.4, 0.5) is 0 Å². The molecule has 0 atom stereocenters. The second kappa shape index (κ2) is 13.7. The molecule has 238 valence electrons. The molecule has 0 spiro atoms. The van der Waals surface area contributed by atoms with Crippen molar-refractivity contribution in [3.05, 3.63) is 130 Å². The van der Waals surface area contributed by atoms with Crippen molar-refractivity contribution in [3.8, 4) is 23.0 Å². The number of benzene rings is 2. The summed E-state index contributed by atoms with van der Waals surface area (Å²) in [4.78, 5) is 59.9. The molecule has 6 rings (SSSR count). The Labute approximate surface area is 267 Å². The minimum atomic E-state index is -0.718. The van der Waals surface area contributed by atoms with E-state index >= 15 is 0 Å². The summed E-state index contributed by atoms with van der Waals surface area (Å²) in [6, 6.07) is 19.1. The van der Waals surface area contributed by atoms with Crippen LogP contribution < -0.4 is 27.2 Å². The van der Waals surface area contributed by atoms with Crippen molar-refractivity contribution in [3.63, 3.8) is 0 Å². The van der Waals surface area contributed by atoms with E-state index in [0.717, 1.165) is 20.3 Å². The van der Waals surface area contributed by atoms with Crippen molar-refractivity contribution >= 4 is 24.3 Å². The summed E-state index contributed by atoms with van der Waals surface area (Å²) >= 11 is 0. The maximum atomic E-state index is 12.5. The number of rotatable bonds is 6. The number of hydrogen-bond donors (Lipinski definition) is 0. The van der Waals surface area contributed by atoms with Gasteiger partial charge in [0, 0.05) is 26.7 Å². The second-order valence-corrected chi connectivity index (χ2v) is 10.1. The molecule has 2 aromatic carbocycles. The lowest BCUT2D eigenvalue weighted by Gasteiger charge is -2.13. The van der Waals surface area contributed by atoms with Gasteiger partial charge in [0.1, 0.15) is 0 Å².